The molecule has 0 radical (unpaired) electrons. The topological polar surface area (TPSA) is 75.2 Å². The summed E-state index contributed by atoms with van der Waals surface area (Å²) in [7, 11) is 3.12. The number of ether oxygens (including phenoxy) is 2. The van der Waals surface area contributed by atoms with E-state index in [0.717, 1.165) is 5.56 Å². The van der Waals surface area contributed by atoms with E-state index in [1.807, 2.05) is 26.0 Å². The van der Waals surface area contributed by atoms with Crippen LogP contribution in [0.2, 0.25) is 0 Å². The molecule has 7 nitrogen and oxygen atoms in total. The largest absolute Gasteiger partial charge is 0.497 e. The molecular formula is C23H30F2N4O3. The molecule has 0 aliphatic heterocycles. The molecule has 9 heteroatoms. The molecular weight excluding hydrogens is 418 g/mol. The van der Waals surface area contributed by atoms with E-state index in [2.05, 4.69) is 20.4 Å². The van der Waals surface area contributed by atoms with Crippen molar-refractivity contribution in [1.29, 1.82) is 0 Å². The Kier molecular flexibility index (Phi) is 9.72. The average molecular weight is 449 g/mol. The Morgan fingerprint density at radius 3 is 2.28 bits per heavy atom. The van der Waals surface area contributed by atoms with Crippen molar-refractivity contribution in [2.24, 2.45) is 4.99 Å². The third-order valence-electron chi connectivity index (χ3n) is 4.87. The molecule has 2 N–H and O–H groups in total. The number of methoxy groups -OCH3 is 1. The Labute approximate surface area is 187 Å². The number of hydrogen-bond donors (Lipinski definition) is 2. The van der Waals surface area contributed by atoms with Crippen LogP contribution in [0.4, 0.5) is 8.78 Å². The molecule has 32 heavy (non-hydrogen) atoms. The van der Waals surface area contributed by atoms with Gasteiger partial charge in [-0.05, 0) is 49.7 Å². The number of carbonyl (C=O) groups is 1. The SMILES string of the molecule is CCN(CC)C(=O)c1ccc(CNC(=NC)NCc2cc(OC)ccc2OC(F)F)cc1. The van der Waals surface area contributed by atoms with Crippen molar-refractivity contribution < 1.29 is 23.0 Å². The highest BCUT2D eigenvalue weighted by atomic mass is 19.3. The number of halogens is 2. The zero-order chi connectivity index (χ0) is 23.5. The molecule has 0 fully saturated rings. The van der Waals surface area contributed by atoms with E-state index >= 15 is 0 Å². The molecule has 0 aromatic heterocycles. The fourth-order valence-electron chi connectivity index (χ4n) is 3.08. The minimum Gasteiger partial charge on any atom is -0.497 e. The fraction of sp³-hybridized carbons (Fsp3) is 0.391. The van der Waals surface area contributed by atoms with E-state index in [-0.39, 0.29) is 18.2 Å². The maximum atomic E-state index is 12.7. The standard InChI is InChI=1S/C23H30F2N4O3/c1-5-29(6-2)21(30)17-9-7-16(8-10-17)14-27-23(26-3)28-15-18-13-19(31-4)11-12-20(18)32-22(24)25/h7-13,22H,5-6,14-15H2,1-4H3,(H2,26,27,28). The van der Waals surface area contributed by atoms with Crippen molar-refractivity contribution in [2.45, 2.75) is 33.5 Å². The fourth-order valence-corrected chi connectivity index (χ4v) is 3.08. The highest BCUT2D eigenvalue weighted by Gasteiger charge is 2.13. The van der Waals surface area contributed by atoms with Gasteiger partial charge in [0.25, 0.3) is 5.91 Å². The van der Waals surface area contributed by atoms with E-state index in [1.165, 1.54) is 13.2 Å². The van der Waals surface area contributed by atoms with Gasteiger partial charge < -0.3 is 25.0 Å². The molecule has 2 aromatic carbocycles. The highest BCUT2D eigenvalue weighted by molar-refractivity contribution is 5.94. The third-order valence-corrected chi connectivity index (χ3v) is 4.87. The number of nitrogens with one attached hydrogen (secondary N) is 2. The van der Waals surface area contributed by atoms with Crippen molar-refractivity contribution in [3.05, 3.63) is 59.2 Å². The summed E-state index contributed by atoms with van der Waals surface area (Å²) in [5, 5.41) is 6.24. The number of rotatable bonds is 10. The van der Waals surface area contributed by atoms with Crippen LogP contribution in [0.1, 0.15) is 35.3 Å². The lowest BCUT2D eigenvalue weighted by molar-refractivity contribution is -0.0505. The van der Waals surface area contributed by atoms with Gasteiger partial charge >= 0.3 is 6.61 Å². The molecule has 1 amide bonds. The molecule has 0 aliphatic carbocycles. The first-order chi connectivity index (χ1) is 15.4. The lowest BCUT2D eigenvalue weighted by Crippen LogP contribution is -2.36. The molecule has 0 heterocycles. The summed E-state index contributed by atoms with van der Waals surface area (Å²) in [5.74, 6) is 1.09. The molecule has 0 atom stereocenters. The van der Waals surface area contributed by atoms with Crippen LogP contribution in [-0.4, -0.2) is 50.6 Å². The van der Waals surface area contributed by atoms with Crippen molar-refractivity contribution in [2.75, 3.05) is 27.2 Å². The highest BCUT2D eigenvalue weighted by Crippen LogP contribution is 2.25. The van der Waals surface area contributed by atoms with E-state index in [4.69, 9.17) is 4.74 Å². The maximum Gasteiger partial charge on any atom is 0.387 e. The summed E-state index contributed by atoms with van der Waals surface area (Å²) in [5.41, 5.74) is 2.11. The van der Waals surface area contributed by atoms with Crippen LogP contribution >= 0.6 is 0 Å². The zero-order valence-corrected chi connectivity index (χ0v) is 18.8. The van der Waals surface area contributed by atoms with Gasteiger partial charge in [0.1, 0.15) is 11.5 Å². The van der Waals surface area contributed by atoms with Crippen LogP contribution in [0.5, 0.6) is 11.5 Å². The zero-order valence-electron chi connectivity index (χ0n) is 18.8. The van der Waals surface area contributed by atoms with Crippen LogP contribution in [0.15, 0.2) is 47.5 Å². The first-order valence-corrected chi connectivity index (χ1v) is 10.4. The molecule has 0 saturated carbocycles. The second kappa shape index (κ2) is 12.5. The second-order valence-electron chi connectivity index (χ2n) is 6.81. The smallest absolute Gasteiger partial charge is 0.387 e. The second-order valence-corrected chi connectivity index (χ2v) is 6.81. The summed E-state index contributed by atoms with van der Waals surface area (Å²) in [4.78, 5) is 18.3. The first-order valence-electron chi connectivity index (χ1n) is 10.4. The number of benzene rings is 2. The Bertz CT molecular complexity index is 901. The number of nitrogens with zero attached hydrogens (tertiary/aromatic N) is 2. The van der Waals surface area contributed by atoms with Crippen LogP contribution in [0.3, 0.4) is 0 Å². The van der Waals surface area contributed by atoms with Crippen molar-refractivity contribution in [1.82, 2.24) is 15.5 Å². The Morgan fingerprint density at radius 1 is 1.06 bits per heavy atom. The minimum absolute atomic E-state index is 0.00657. The van der Waals surface area contributed by atoms with Crippen molar-refractivity contribution in [3.63, 3.8) is 0 Å². The van der Waals surface area contributed by atoms with Crippen LogP contribution < -0.4 is 20.1 Å². The quantitative estimate of drug-likeness (QED) is 0.429. The Balaban J connectivity index is 1.97. The van der Waals surface area contributed by atoms with E-state index < -0.39 is 6.61 Å². The number of hydrogen-bond acceptors (Lipinski definition) is 4. The average Bonchev–Trinajstić information content (AvgIpc) is 2.80. The van der Waals surface area contributed by atoms with Crippen LogP contribution in [0.25, 0.3) is 0 Å². The van der Waals surface area contributed by atoms with Gasteiger partial charge in [-0.15, -0.1) is 0 Å². The summed E-state index contributed by atoms with van der Waals surface area (Å²) >= 11 is 0. The monoisotopic (exact) mass is 448 g/mol. The van der Waals surface area contributed by atoms with E-state index in [0.29, 0.717) is 42.5 Å². The lowest BCUT2D eigenvalue weighted by atomic mass is 10.1. The Hall–Kier alpha value is -3.36. The molecule has 0 bridgehead atoms. The van der Waals surface area contributed by atoms with E-state index in [9.17, 15) is 13.6 Å². The molecule has 0 saturated heterocycles. The van der Waals surface area contributed by atoms with Gasteiger partial charge in [-0.2, -0.15) is 8.78 Å². The number of aliphatic imine (C=N–C) groups is 1. The molecule has 2 rings (SSSR count). The van der Waals surface area contributed by atoms with Gasteiger partial charge in [0.15, 0.2) is 5.96 Å². The summed E-state index contributed by atoms with van der Waals surface area (Å²) in [6.07, 6.45) is 0. The van der Waals surface area contributed by atoms with Gasteiger partial charge in [0.05, 0.1) is 7.11 Å². The van der Waals surface area contributed by atoms with Gasteiger partial charge in [0, 0.05) is 44.4 Å². The van der Waals surface area contributed by atoms with Gasteiger partial charge in [0.2, 0.25) is 0 Å². The predicted octanol–water partition coefficient (Wildman–Crippen LogP) is 3.64. The molecule has 174 valence electrons. The van der Waals surface area contributed by atoms with E-state index in [1.54, 1.807) is 36.2 Å². The van der Waals surface area contributed by atoms with Crippen LogP contribution in [0, 0.1) is 0 Å². The van der Waals surface area contributed by atoms with Gasteiger partial charge in [-0.25, -0.2) is 0 Å². The molecule has 0 aliphatic rings. The summed E-state index contributed by atoms with van der Waals surface area (Å²) < 4.78 is 35.1. The molecule has 0 spiro atoms. The molecule has 2 aromatic rings. The minimum atomic E-state index is -2.92. The maximum absolute atomic E-state index is 12.7. The van der Waals surface area contributed by atoms with Gasteiger partial charge in [-0.1, -0.05) is 12.1 Å². The normalized spacial score (nSPS) is 11.3. The third kappa shape index (κ3) is 7.11. The summed E-state index contributed by atoms with van der Waals surface area (Å²) in [6.45, 7) is 2.99. The van der Waals surface area contributed by atoms with Crippen molar-refractivity contribution >= 4 is 11.9 Å². The van der Waals surface area contributed by atoms with Crippen LogP contribution in [-0.2, 0) is 13.1 Å². The summed E-state index contributed by atoms with van der Waals surface area (Å²) in [6, 6.07) is 12.0. The van der Waals surface area contributed by atoms with Gasteiger partial charge in [-0.3, -0.25) is 9.79 Å². The lowest BCUT2D eigenvalue weighted by Gasteiger charge is -2.18. The number of alkyl halides is 2. The Morgan fingerprint density at radius 2 is 1.72 bits per heavy atom. The predicted molar refractivity (Wildman–Crippen MR) is 120 cm³/mol. The number of amides is 1. The number of carbonyl (C=O) groups excluding carboxylic acids is 1. The first kappa shape index (κ1) is 24.9. The van der Waals surface area contributed by atoms with Crippen molar-refractivity contribution in [3.8, 4) is 11.5 Å². The number of guanidine groups is 1. The molecule has 0 unspecified atom stereocenters.